The maximum Gasteiger partial charge on any atom is 0.519 e. The number of hydrogen-bond acceptors (Lipinski definition) is 11. The number of ether oxygens (including phenoxy) is 3. The largest absolute Gasteiger partial charge is 0.519 e. The lowest BCUT2D eigenvalue weighted by Gasteiger charge is -2.17. The predicted octanol–water partition coefficient (Wildman–Crippen LogP) is 2.67. The van der Waals surface area contributed by atoms with Crippen LogP contribution in [0.15, 0.2) is 55.1 Å². The standard InChI is InChI=1S/C19H17N3O10S/c1-12(28-10-15(32-22(26)27)11-29-21(24)25)16-4-2-3-5-17(16)31-19(23)30-14-8-6-13(7-9-14)18(20)33/h2-9,15H,1,10-11H2,(H2,20,33). The molecule has 0 radical (unpaired) electrons. The number of rotatable bonds is 12. The lowest BCUT2D eigenvalue weighted by atomic mass is 10.2. The first-order valence-corrected chi connectivity index (χ1v) is 9.35. The Hall–Kier alpha value is -4.46. The van der Waals surface area contributed by atoms with Gasteiger partial charge in [-0.15, -0.1) is 20.2 Å². The van der Waals surface area contributed by atoms with Crippen LogP contribution in [-0.2, 0) is 14.4 Å². The predicted molar refractivity (Wildman–Crippen MR) is 115 cm³/mol. The van der Waals surface area contributed by atoms with Crippen molar-refractivity contribution >= 4 is 29.1 Å². The van der Waals surface area contributed by atoms with Gasteiger partial charge in [-0.05, 0) is 36.4 Å². The van der Waals surface area contributed by atoms with Gasteiger partial charge in [0.1, 0.15) is 35.5 Å². The van der Waals surface area contributed by atoms with Crippen molar-refractivity contribution in [1.29, 1.82) is 0 Å². The van der Waals surface area contributed by atoms with E-state index in [9.17, 15) is 25.0 Å². The third kappa shape index (κ3) is 8.29. The molecule has 0 fully saturated rings. The fourth-order valence-electron chi connectivity index (χ4n) is 2.33. The van der Waals surface area contributed by atoms with E-state index in [2.05, 4.69) is 16.3 Å². The van der Waals surface area contributed by atoms with E-state index in [-0.39, 0.29) is 27.8 Å². The molecular weight excluding hydrogens is 462 g/mol. The quantitative estimate of drug-likeness (QED) is 0.118. The first-order valence-electron chi connectivity index (χ1n) is 8.94. The molecule has 0 aliphatic carbocycles. The minimum Gasteiger partial charge on any atom is -0.491 e. The smallest absolute Gasteiger partial charge is 0.491 e. The Bertz CT molecular complexity index is 1040. The van der Waals surface area contributed by atoms with Crippen LogP contribution in [0.2, 0.25) is 0 Å². The Labute approximate surface area is 191 Å². The van der Waals surface area contributed by atoms with Gasteiger partial charge in [0.25, 0.3) is 10.2 Å². The zero-order valence-electron chi connectivity index (χ0n) is 16.8. The molecule has 1 unspecified atom stereocenters. The summed E-state index contributed by atoms with van der Waals surface area (Å²) >= 11 is 4.85. The van der Waals surface area contributed by atoms with E-state index >= 15 is 0 Å². The summed E-state index contributed by atoms with van der Waals surface area (Å²) in [7, 11) is 0. The highest BCUT2D eigenvalue weighted by Gasteiger charge is 2.19. The van der Waals surface area contributed by atoms with Crippen LogP contribution in [-0.4, -0.2) is 40.6 Å². The van der Waals surface area contributed by atoms with Crippen molar-refractivity contribution in [1.82, 2.24) is 0 Å². The van der Waals surface area contributed by atoms with Gasteiger partial charge in [-0.25, -0.2) is 4.79 Å². The van der Waals surface area contributed by atoms with Crippen molar-refractivity contribution in [3.8, 4) is 11.5 Å². The summed E-state index contributed by atoms with van der Waals surface area (Å²) in [6, 6.07) is 12.2. The number of carbonyl (C=O) groups is 1. The molecule has 0 heterocycles. The van der Waals surface area contributed by atoms with E-state index in [1.165, 1.54) is 24.3 Å². The molecule has 33 heavy (non-hydrogen) atoms. The lowest BCUT2D eigenvalue weighted by molar-refractivity contribution is -0.790. The molecule has 0 saturated carbocycles. The molecule has 174 valence electrons. The third-order valence-corrected chi connectivity index (χ3v) is 4.00. The maximum absolute atomic E-state index is 12.2. The average Bonchev–Trinajstić information content (AvgIpc) is 2.75. The Morgan fingerprint density at radius 3 is 2.30 bits per heavy atom. The van der Waals surface area contributed by atoms with Gasteiger partial charge in [0, 0.05) is 5.56 Å². The van der Waals surface area contributed by atoms with Crippen molar-refractivity contribution in [3.05, 3.63) is 86.5 Å². The molecule has 2 N–H and O–H groups in total. The van der Waals surface area contributed by atoms with E-state index in [0.717, 1.165) is 0 Å². The van der Waals surface area contributed by atoms with Gasteiger partial charge >= 0.3 is 6.16 Å². The van der Waals surface area contributed by atoms with Crippen LogP contribution in [0, 0.1) is 20.2 Å². The molecule has 0 aliphatic heterocycles. The molecule has 2 aromatic carbocycles. The fraction of sp³-hybridized carbons (Fsp3) is 0.158. The van der Waals surface area contributed by atoms with Crippen LogP contribution in [0.25, 0.3) is 5.76 Å². The van der Waals surface area contributed by atoms with Crippen molar-refractivity contribution in [2.24, 2.45) is 5.73 Å². The lowest BCUT2D eigenvalue weighted by Crippen LogP contribution is -2.29. The van der Waals surface area contributed by atoms with Crippen LogP contribution >= 0.6 is 12.2 Å². The first kappa shape index (κ1) is 24.8. The number of thiocarbonyl (C=S) groups is 1. The van der Waals surface area contributed by atoms with Gasteiger partial charge in [0.2, 0.25) is 0 Å². The SMILES string of the molecule is C=C(OCC(CO[N+](=O)[O-])O[N+](=O)[O-])c1ccccc1OC(=O)Oc1ccc(C(N)=S)cc1. The van der Waals surface area contributed by atoms with Gasteiger partial charge in [-0.2, -0.15) is 0 Å². The number of hydrogen-bond donors (Lipinski definition) is 1. The summed E-state index contributed by atoms with van der Waals surface area (Å²) in [6.45, 7) is 2.41. The Morgan fingerprint density at radius 2 is 1.70 bits per heavy atom. The third-order valence-electron chi connectivity index (χ3n) is 3.77. The minimum absolute atomic E-state index is 0.0144. The molecule has 2 rings (SSSR count). The van der Waals surface area contributed by atoms with E-state index in [0.29, 0.717) is 5.56 Å². The number of para-hydroxylation sites is 1. The number of nitrogens with two attached hydrogens (primary N) is 1. The molecule has 0 saturated heterocycles. The number of nitrogens with zero attached hydrogens (tertiary/aromatic N) is 2. The summed E-state index contributed by atoms with van der Waals surface area (Å²) in [5.41, 5.74) is 6.32. The number of carbonyl (C=O) groups excluding carboxylic acids is 1. The van der Waals surface area contributed by atoms with E-state index in [4.69, 9.17) is 32.2 Å². The van der Waals surface area contributed by atoms with Crippen molar-refractivity contribution in [2.75, 3.05) is 13.2 Å². The fourth-order valence-corrected chi connectivity index (χ4v) is 2.46. The Morgan fingerprint density at radius 1 is 1.03 bits per heavy atom. The van der Waals surface area contributed by atoms with Crippen molar-refractivity contribution < 1.29 is 38.9 Å². The van der Waals surface area contributed by atoms with Crippen LogP contribution in [0.4, 0.5) is 4.79 Å². The molecular formula is C19H17N3O10S. The highest BCUT2D eigenvalue weighted by atomic mass is 32.1. The molecule has 2 aromatic rings. The van der Waals surface area contributed by atoms with E-state index in [1.807, 2.05) is 0 Å². The van der Waals surface area contributed by atoms with Gasteiger partial charge in [-0.1, -0.05) is 30.9 Å². The van der Waals surface area contributed by atoms with Gasteiger partial charge in [0.15, 0.2) is 6.10 Å². The molecule has 13 nitrogen and oxygen atoms in total. The average molecular weight is 479 g/mol. The Balaban J connectivity index is 2.01. The zero-order valence-corrected chi connectivity index (χ0v) is 17.6. The van der Waals surface area contributed by atoms with Crippen molar-refractivity contribution in [2.45, 2.75) is 6.10 Å². The van der Waals surface area contributed by atoms with Gasteiger partial charge in [0.05, 0.1) is 5.56 Å². The van der Waals surface area contributed by atoms with E-state index < -0.39 is 35.6 Å². The second-order valence-corrected chi connectivity index (χ2v) is 6.48. The summed E-state index contributed by atoms with van der Waals surface area (Å²) in [5, 5.41) is 18.6. The second kappa shape index (κ2) is 11.8. The van der Waals surface area contributed by atoms with Crippen LogP contribution < -0.4 is 15.2 Å². The first-order chi connectivity index (χ1) is 15.7. The van der Waals surface area contributed by atoms with Gasteiger partial charge in [-0.3, -0.25) is 0 Å². The summed E-state index contributed by atoms with van der Waals surface area (Å²) in [5.74, 6) is 0.135. The topological polar surface area (TPSA) is 176 Å². The summed E-state index contributed by atoms with van der Waals surface area (Å²) in [6.07, 6.45) is -2.48. The Kier molecular flexibility index (Phi) is 8.87. The number of benzene rings is 2. The molecule has 1 atom stereocenters. The highest BCUT2D eigenvalue weighted by Crippen LogP contribution is 2.26. The molecule has 0 aromatic heterocycles. The monoisotopic (exact) mass is 479 g/mol. The minimum atomic E-state index is -1.41. The van der Waals surface area contributed by atoms with Crippen LogP contribution in [0.5, 0.6) is 11.5 Å². The summed E-state index contributed by atoms with van der Waals surface area (Å²) < 4.78 is 15.6. The molecule has 0 bridgehead atoms. The summed E-state index contributed by atoms with van der Waals surface area (Å²) in [4.78, 5) is 41.6. The molecule has 14 heteroatoms. The normalized spacial score (nSPS) is 10.9. The highest BCUT2D eigenvalue weighted by molar-refractivity contribution is 7.80. The maximum atomic E-state index is 12.2. The molecule has 0 spiro atoms. The van der Waals surface area contributed by atoms with Gasteiger partial charge < -0.3 is 29.6 Å². The van der Waals surface area contributed by atoms with Crippen LogP contribution in [0.3, 0.4) is 0 Å². The second-order valence-electron chi connectivity index (χ2n) is 6.04. The van der Waals surface area contributed by atoms with Crippen LogP contribution in [0.1, 0.15) is 11.1 Å². The van der Waals surface area contributed by atoms with E-state index in [1.54, 1.807) is 24.3 Å². The molecule has 0 aliphatic rings. The zero-order chi connectivity index (χ0) is 24.4. The molecule has 0 amide bonds. The van der Waals surface area contributed by atoms with Crippen molar-refractivity contribution in [3.63, 3.8) is 0 Å².